The van der Waals surface area contributed by atoms with Gasteiger partial charge in [-0.05, 0) is 149 Å². The zero-order valence-corrected chi connectivity index (χ0v) is 41.5. The van der Waals surface area contributed by atoms with Gasteiger partial charge in [0.05, 0.1) is 5.71 Å². The fourth-order valence-electron chi connectivity index (χ4n) is 14.9. The highest BCUT2D eigenvalue weighted by atomic mass is 32.2. The number of thioether (sulfide) groups is 1. The Morgan fingerprint density at radius 1 is 0.710 bits per heavy atom. The number of fused-ring (bicyclic) bond motifs is 7. The molecule has 0 aromatic heterocycles. The molecule has 2 fully saturated rings. The molecule has 5 nitrogen and oxygen atoms in total. The van der Waals surface area contributed by atoms with E-state index in [-0.39, 0.29) is 29.6 Å². The highest BCUT2D eigenvalue weighted by Crippen LogP contribution is 2.61. The molecule has 0 saturated carbocycles. The fraction of sp³-hybridized carbons (Fsp3) is 0.476. The van der Waals surface area contributed by atoms with Crippen LogP contribution in [0.15, 0.2) is 189 Å². The zero-order valence-electron chi connectivity index (χ0n) is 40.7. The molecule has 4 aliphatic heterocycles. The third-order valence-corrected chi connectivity index (χ3v) is 20.1. The molecule has 2 saturated heterocycles. The molecule has 354 valence electrons. The molecule has 1 aromatic rings. The lowest BCUT2D eigenvalue weighted by molar-refractivity contribution is 0.115. The summed E-state index contributed by atoms with van der Waals surface area (Å²) in [5.41, 5.74) is 9.84. The van der Waals surface area contributed by atoms with E-state index in [2.05, 4.69) is 175 Å². The Morgan fingerprint density at radius 3 is 2.43 bits per heavy atom. The van der Waals surface area contributed by atoms with Gasteiger partial charge in [-0.3, -0.25) is 4.99 Å². The molecule has 14 unspecified atom stereocenters. The molecule has 14 atom stereocenters. The second-order valence-electron chi connectivity index (χ2n) is 22.4. The average Bonchev–Trinajstić information content (AvgIpc) is 3.93. The van der Waals surface area contributed by atoms with Gasteiger partial charge >= 0.3 is 0 Å². The quantitative estimate of drug-likeness (QED) is 0.264. The molecular weight excluding hydrogens is 859 g/mol. The summed E-state index contributed by atoms with van der Waals surface area (Å²) in [5, 5.41) is 4.86. The summed E-state index contributed by atoms with van der Waals surface area (Å²) in [6.45, 7) is 2.62. The predicted octanol–water partition coefficient (Wildman–Crippen LogP) is 14.0. The van der Waals surface area contributed by atoms with Gasteiger partial charge in [-0.2, -0.15) is 0 Å². The van der Waals surface area contributed by atoms with Crippen molar-refractivity contribution in [3.63, 3.8) is 0 Å². The maximum atomic E-state index is 5.99. The number of amidine groups is 2. The summed E-state index contributed by atoms with van der Waals surface area (Å²) in [7, 11) is 0. The predicted molar refractivity (Wildman–Crippen MR) is 289 cm³/mol. The molecule has 12 aliphatic rings. The van der Waals surface area contributed by atoms with Crippen molar-refractivity contribution in [1.82, 2.24) is 10.2 Å². The zero-order chi connectivity index (χ0) is 45.9. The number of nitrogens with zero attached hydrogens (tertiary/aromatic N) is 4. The van der Waals surface area contributed by atoms with Crippen LogP contribution in [-0.4, -0.2) is 56.6 Å². The number of allylic oxidation sites excluding steroid dienone is 16. The van der Waals surface area contributed by atoms with Gasteiger partial charge in [-0.15, -0.1) is 11.8 Å². The van der Waals surface area contributed by atoms with Gasteiger partial charge in [-0.25, -0.2) is 9.98 Å². The normalized spacial score (nSPS) is 39.6. The smallest absolute Gasteiger partial charge is 0.167 e. The number of rotatable bonds is 8. The molecule has 8 aliphatic carbocycles. The van der Waals surface area contributed by atoms with Crippen molar-refractivity contribution in [1.29, 1.82) is 0 Å². The maximum absolute atomic E-state index is 5.99. The van der Waals surface area contributed by atoms with Crippen LogP contribution < -0.4 is 5.32 Å². The van der Waals surface area contributed by atoms with Crippen molar-refractivity contribution >= 4 is 29.1 Å². The summed E-state index contributed by atoms with van der Waals surface area (Å²) in [6.07, 6.45) is 64.5. The largest absolute Gasteiger partial charge is 0.364 e. The first-order valence-electron chi connectivity index (χ1n) is 27.3. The Morgan fingerprint density at radius 2 is 1.61 bits per heavy atom. The van der Waals surface area contributed by atoms with Crippen LogP contribution in [0.5, 0.6) is 0 Å². The number of hydrogen-bond acceptors (Lipinski definition) is 6. The highest BCUT2D eigenvalue weighted by Gasteiger charge is 2.62. The van der Waals surface area contributed by atoms with Gasteiger partial charge in [0, 0.05) is 62.9 Å². The topological polar surface area (TPSA) is 52.4 Å². The minimum atomic E-state index is -0.344. The van der Waals surface area contributed by atoms with E-state index in [0.717, 1.165) is 68.7 Å². The molecule has 0 amide bonds. The molecule has 0 bridgehead atoms. The minimum absolute atomic E-state index is 0.0586. The summed E-state index contributed by atoms with van der Waals surface area (Å²) < 4.78 is 0. The number of likely N-dealkylation sites (tertiary alicyclic amines) is 1. The van der Waals surface area contributed by atoms with E-state index in [0.29, 0.717) is 52.0 Å². The van der Waals surface area contributed by atoms with Gasteiger partial charge in [0.1, 0.15) is 17.7 Å². The Labute approximate surface area is 416 Å². The first kappa shape index (κ1) is 44.0. The molecule has 0 radical (unpaired) electrons. The Balaban J connectivity index is 0.884. The molecule has 4 heterocycles. The third kappa shape index (κ3) is 8.13. The van der Waals surface area contributed by atoms with Gasteiger partial charge < -0.3 is 10.2 Å². The monoisotopic (exact) mass is 930 g/mol. The maximum Gasteiger partial charge on any atom is 0.167 e. The van der Waals surface area contributed by atoms with E-state index in [1.165, 1.54) is 72.8 Å². The second-order valence-corrected chi connectivity index (χ2v) is 23.8. The van der Waals surface area contributed by atoms with Crippen molar-refractivity contribution in [3.05, 3.63) is 179 Å². The van der Waals surface area contributed by atoms with Crippen LogP contribution in [0.3, 0.4) is 0 Å². The third-order valence-electron chi connectivity index (χ3n) is 18.4. The number of dihydropyridines is 1. The summed E-state index contributed by atoms with van der Waals surface area (Å²) in [4.78, 5) is 20.3. The van der Waals surface area contributed by atoms with Crippen LogP contribution in [0.25, 0.3) is 0 Å². The van der Waals surface area contributed by atoms with Crippen molar-refractivity contribution in [2.45, 2.75) is 143 Å². The SMILES string of the molecule is CC12CC=CCC1C1C=CC3C4C=C(C5C=CC(C6=CC(c7ccccc7)CC(C7=CCCC=C7)C6)=NC5C5N=C(C6=CCCC=C6)NC(C6C=CCCC6)=N5)C=CC4SC3C1N2C1=CCCCC1. The fourth-order valence-corrected chi connectivity index (χ4v) is 16.8. The first-order valence-corrected chi connectivity index (χ1v) is 28.2. The van der Waals surface area contributed by atoms with Crippen LogP contribution in [0, 0.1) is 41.4 Å². The van der Waals surface area contributed by atoms with Crippen molar-refractivity contribution in [2.75, 3.05) is 0 Å². The summed E-state index contributed by atoms with van der Waals surface area (Å²) in [5.74, 6) is 5.38. The number of hydrogen-bond donors (Lipinski definition) is 1. The summed E-state index contributed by atoms with van der Waals surface area (Å²) >= 11 is 2.30. The van der Waals surface area contributed by atoms with Crippen molar-refractivity contribution in [2.24, 2.45) is 56.4 Å². The van der Waals surface area contributed by atoms with E-state index in [1.54, 1.807) is 5.70 Å². The standard InChI is InChI=1S/C63H71N5S/c1-63-36-18-17-29-54(63)52-32-31-51-53-40-45(30-35-56(53)69-59(51)58(52)68(63)49-27-15-6-16-28-49)50-33-34-55(48-38-46(41-19-7-2-8-20-41)37-47(39-48)42-21-9-3-10-22-42)64-57(50)62-66-60(43-23-11-4-12-24-43)65-61(67-62)44-25-13-5-14-26-44/h2,7-9,11,13,17-25,27,30-35,38,40,44,46-47,50-54,56-59,62H,3-6,10,12,14-16,26,28-29,36-37,39H2,1H3,(H,65,66,67). The van der Waals surface area contributed by atoms with Gasteiger partial charge in [0.15, 0.2) is 6.17 Å². The highest BCUT2D eigenvalue weighted by molar-refractivity contribution is 8.01. The molecule has 69 heavy (non-hydrogen) atoms. The number of nitrogens with one attached hydrogen (secondary N) is 1. The van der Waals surface area contributed by atoms with Gasteiger partial charge in [-0.1, -0.05) is 140 Å². The Bertz CT molecular complexity index is 2670. The number of benzene rings is 1. The molecule has 0 spiro atoms. The molecule has 13 rings (SSSR count). The summed E-state index contributed by atoms with van der Waals surface area (Å²) in [6, 6.07) is 11.6. The van der Waals surface area contributed by atoms with E-state index in [9.17, 15) is 0 Å². The van der Waals surface area contributed by atoms with Crippen LogP contribution in [0.4, 0.5) is 0 Å². The second kappa shape index (κ2) is 18.7. The van der Waals surface area contributed by atoms with Crippen LogP contribution in [0.2, 0.25) is 0 Å². The van der Waals surface area contributed by atoms with Crippen molar-refractivity contribution < 1.29 is 0 Å². The van der Waals surface area contributed by atoms with E-state index < -0.39 is 0 Å². The minimum Gasteiger partial charge on any atom is -0.364 e. The van der Waals surface area contributed by atoms with Crippen molar-refractivity contribution in [3.8, 4) is 0 Å². The Hall–Kier alpha value is -4.94. The van der Waals surface area contributed by atoms with Gasteiger partial charge in [0.25, 0.3) is 0 Å². The lowest BCUT2D eigenvalue weighted by Gasteiger charge is -2.47. The molecule has 1 N–H and O–H groups in total. The lowest BCUT2D eigenvalue weighted by Crippen LogP contribution is -2.51. The van der Waals surface area contributed by atoms with E-state index in [1.807, 2.05) is 0 Å². The molecule has 1 aromatic carbocycles. The van der Waals surface area contributed by atoms with Crippen LogP contribution >= 0.6 is 11.8 Å². The average molecular weight is 930 g/mol. The number of aliphatic imine (C=N–C) groups is 3. The van der Waals surface area contributed by atoms with Gasteiger partial charge in [0.2, 0.25) is 0 Å². The first-order chi connectivity index (χ1) is 34.1. The van der Waals surface area contributed by atoms with E-state index >= 15 is 0 Å². The van der Waals surface area contributed by atoms with E-state index in [4.69, 9.17) is 15.0 Å². The molecule has 6 heteroatoms. The molecular formula is C63H71N5S. The van der Waals surface area contributed by atoms with Crippen LogP contribution in [0.1, 0.15) is 115 Å². The lowest BCUT2D eigenvalue weighted by atomic mass is 9.69. The van der Waals surface area contributed by atoms with Crippen LogP contribution in [-0.2, 0) is 0 Å². The Kier molecular flexibility index (Phi) is 11.9.